The summed E-state index contributed by atoms with van der Waals surface area (Å²) < 4.78 is 9.97. The van der Waals surface area contributed by atoms with Crippen molar-refractivity contribution < 1.29 is 28.9 Å². The number of carbonyl (C=O) groups excluding carboxylic acids is 2. The van der Waals surface area contributed by atoms with E-state index in [9.17, 15) is 29.8 Å². The molecule has 0 atom stereocenters. The second-order valence-electron chi connectivity index (χ2n) is 5.80. The van der Waals surface area contributed by atoms with Gasteiger partial charge >= 0.3 is 11.9 Å². The molecule has 0 amide bonds. The largest absolute Gasteiger partial charge is 0.465 e. The monoisotopic (exact) mass is 396 g/mol. The molecule has 0 spiro atoms. The molecule has 0 unspecified atom stereocenters. The van der Waals surface area contributed by atoms with Gasteiger partial charge in [0.15, 0.2) is 5.76 Å². The third-order valence-corrected chi connectivity index (χ3v) is 4.06. The predicted molar refractivity (Wildman–Crippen MR) is 99.2 cm³/mol. The first-order valence-electron chi connectivity index (χ1n) is 8.08. The van der Waals surface area contributed by atoms with E-state index in [0.29, 0.717) is 5.56 Å². The van der Waals surface area contributed by atoms with Crippen molar-refractivity contribution in [3.05, 3.63) is 91.0 Å². The number of nitrogens with zero attached hydrogens (tertiary/aromatic N) is 2. The predicted octanol–water partition coefficient (Wildman–Crippen LogP) is 3.03. The van der Waals surface area contributed by atoms with Crippen molar-refractivity contribution in [2.45, 2.75) is 0 Å². The summed E-state index contributed by atoms with van der Waals surface area (Å²) in [5.74, 6) is -1.75. The van der Waals surface area contributed by atoms with Crippen molar-refractivity contribution in [3.8, 4) is 0 Å². The zero-order chi connectivity index (χ0) is 21.1. The SMILES string of the molecule is COC(=O)C1=C(c2ccc([N+](=O)[O-])cc2)OC(=O)/C1=C/c1ccc([N+](=O)[O-])cc1. The average Bonchev–Trinajstić information content (AvgIpc) is 3.04. The third-order valence-electron chi connectivity index (χ3n) is 4.06. The van der Waals surface area contributed by atoms with Crippen LogP contribution in [0.5, 0.6) is 0 Å². The maximum Gasteiger partial charge on any atom is 0.344 e. The van der Waals surface area contributed by atoms with Crippen molar-refractivity contribution in [1.82, 2.24) is 0 Å². The van der Waals surface area contributed by atoms with Crippen LogP contribution in [0, 0.1) is 20.2 Å². The molecule has 146 valence electrons. The summed E-state index contributed by atoms with van der Waals surface area (Å²) in [6.45, 7) is 0. The van der Waals surface area contributed by atoms with E-state index >= 15 is 0 Å². The number of nitro benzene ring substituents is 2. The highest BCUT2D eigenvalue weighted by atomic mass is 16.6. The normalized spacial score (nSPS) is 14.7. The molecule has 0 saturated carbocycles. The second-order valence-corrected chi connectivity index (χ2v) is 5.80. The number of methoxy groups -OCH3 is 1. The topological polar surface area (TPSA) is 139 Å². The Balaban J connectivity index is 2.08. The minimum absolute atomic E-state index is 0.0927. The molecule has 10 nitrogen and oxygen atoms in total. The maximum atomic E-state index is 12.4. The lowest BCUT2D eigenvalue weighted by Gasteiger charge is -2.04. The molecular formula is C19H12N2O8. The zero-order valence-electron chi connectivity index (χ0n) is 14.9. The van der Waals surface area contributed by atoms with E-state index in [2.05, 4.69) is 0 Å². The minimum atomic E-state index is -0.836. The van der Waals surface area contributed by atoms with Gasteiger partial charge in [0.2, 0.25) is 0 Å². The summed E-state index contributed by atoms with van der Waals surface area (Å²) >= 11 is 0. The highest BCUT2D eigenvalue weighted by molar-refractivity contribution is 6.19. The van der Waals surface area contributed by atoms with Gasteiger partial charge in [-0.15, -0.1) is 0 Å². The van der Waals surface area contributed by atoms with E-state index in [1.807, 2.05) is 0 Å². The molecule has 3 rings (SSSR count). The lowest BCUT2D eigenvalue weighted by Crippen LogP contribution is -2.08. The van der Waals surface area contributed by atoms with E-state index in [4.69, 9.17) is 9.47 Å². The molecule has 0 radical (unpaired) electrons. The van der Waals surface area contributed by atoms with Crippen LogP contribution in [0.25, 0.3) is 11.8 Å². The first-order valence-corrected chi connectivity index (χ1v) is 8.08. The van der Waals surface area contributed by atoms with Crippen LogP contribution in [0.4, 0.5) is 11.4 Å². The van der Waals surface area contributed by atoms with Gasteiger partial charge < -0.3 is 9.47 Å². The number of carbonyl (C=O) groups is 2. The number of non-ortho nitro benzene ring substituents is 2. The Morgan fingerprint density at radius 3 is 1.97 bits per heavy atom. The number of rotatable bonds is 5. The smallest absolute Gasteiger partial charge is 0.344 e. The van der Waals surface area contributed by atoms with Gasteiger partial charge in [-0.05, 0) is 35.9 Å². The molecule has 29 heavy (non-hydrogen) atoms. The number of esters is 2. The second kappa shape index (κ2) is 7.72. The van der Waals surface area contributed by atoms with Crippen molar-refractivity contribution in [2.75, 3.05) is 7.11 Å². The van der Waals surface area contributed by atoms with Crippen LogP contribution in [-0.4, -0.2) is 28.9 Å². The third kappa shape index (κ3) is 3.86. The zero-order valence-corrected chi connectivity index (χ0v) is 14.9. The molecule has 0 saturated heterocycles. The van der Waals surface area contributed by atoms with Crippen molar-refractivity contribution in [2.24, 2.45) is 0 Å². The van der Waals surface area contributed by atoms with Crippen molar-refractivity contribution in [1.29, 1.82) is 0 Å². The van der Waals surface area contributed by atoms with Crippen LogP contribution in [0.3, 0.4) is 0 Å². The Morgan fingerprint density at radius 2 is 1.48 bits per heavy atom. The fourth-order valence-corrected chi connectivity index (χ4v) is 2.66. The minimum Gasteiger partial charge on any atom is -0.465 e. The Morgan fingerprint density at radius 1 is 0.966 bits per heavy atom. The number of ether oxygens (including phenoxy) is 2. The van der Waals surface area contributed by atoms with Gasteiger partial charge in [-0.1, -0.05) is 0 Å². The van der Waals surface area contributed by atoms with Gasteiger partial charge in [0.1, 0.15) is 5.57 Å². The summed E-state index contributed by atoms with van der Waals surface area (Å²) in [7, 11) is 1.13. The lowest BCUT2D eigenvalue weighted by atomic mass is 10.0. The van der Waals surface area contributed by atoms with Crippen LogP contribution in [0.1, 0.15) is 11.1 Å². The highest BCUT2D eigenvalue weighted by Crippen LogP contribution is 2.35. The maximum absolute atomic E-state index is 12.4. The average molecular weight is 396 g/mol. The number of hydrogen-bond donors (Lipinski definition) is 0. The fourth-order valence-electron chi connectivity index (χ4n) is 2.66. The molecule has 0 bridgehead atoms. The fraction of sp³-hybridized carbons (Fsp3) is 0.0526. The van der Waals surface area contributed by atoms with E-state index in [0.717, 1.165) is 7.11 Å². The number of cyclic esters (lactones) is 1. The summed E-state index contributed by atoms with van der Waals surface area (Å²) in [6, 6.07) is 10.5. The molecule has 1 heterocycles. The van der Waals surface area contributed by atoms with Gasteiger partial charge in [0.05, 0.1) is 22.5 Å². The molecule has 0 fully saturated rings. The first kappa shape index (κ1) is 19.4. The van der Waals surface area contributed by atoms with Gasteiger partial charge in [-0.3, -0.25) is 20.2 Å². The first-order chi connectivity index (χ1) is 13.8. The van der Waals surface area contributed by atoms with Crippen LogP contribution in [0.15, 0.2) is 59.7 Å². The molecule has 10 heteroatoms. The summed E-state index contributed by atoms with van der Waals surface area (Å²) in [6.07, 6.45) is 1.34. The van der Waals surface area contributed by atoms with Crippen LogP contribution < -0.4 is 0 Å². The van der Waals surface area contributed by atoms with E-state index in [1.165, 1.54) is 54.6 Å². The summed E-state index contributed by atoms with van der Waals surface area (Å²) in [5.41, 5.74) is 0.158. The van der Waals surface area contributed by atoms with Gasteiger partial charge in [0.25, 0.3) is 11.4 Å². The molecule has 0 aromatic heterocycles. The summed E-state index contributed by atoms with van der Waals surface area (Å²) in [5, 5.41) is 21.6. The molecule has 1 aliphatic heterocycles. The standard InChI is InChI=1S/C19H12N2O8/c1-28-19(23)16-15(10-11-2-6-13(7-3-11)20(24)25)18(22)29-17(16)12-4-8-14(9-5-12)21(26)27/h2-10H,1H3/b15-10+. The highest BCUT2D eigenvalue weighted by Gasteiger charge is 2.36. The lowest BCUT2D eigenvalue weighted by molar-refractivity contribution is -0.385. The summed E-state index contributed by atoms with van der Waals surface area (Å²) in [4.78, 5) is 45.1. The van der Waals surface area contributed by atoms with Crippen molar-refractivity contribution >= 4 is 35.1 Å². The van der Waals surface area contributed by atoms with Crippen LogP contribution in [-0.2, 0) is 19.1 Å². The van der Waals surface area contributed by atoms with Crippen LogP contribution >= 0.6 is 0 Å². The van der Waals surface area contributed by atoms with Crippen LogP contribution in [0.2, 0.25) is 0 Å². The Hall–Kier alpha value is -4.34. The van der Waals surface area contributed by atoms with E-state index in [1.54, 1.807) is 0 Å². The van der Waals surface area contributed by atoms with Crippen molar-refractivity contribution in [3.63, 3.8) is 0 Å². The molecule has 1 aliphatic rings. The Kier molecular flexibility index (Phi) is 5.17. The Bertz CT molecular complexity index is 1080. The molecule has 0 aliphatic carbocycles. The molecule has 2 aromatic rings. The number of nitro groups is 2. The van der Waals surface area contributed by atoms with E-state index in [-0.39, 0.29) is 33.8 Å². The number of hydrogen-bond acceptors (Lipinski definition) is 8. The van der Waals surface area contributed by atoms with Gasteiger partial charge in [-0.25, -0.2) is 9.59 Å². The molecular weight excluding hydrogens is 384 g/mol. The number of benzene rings is 2. The Labute approximate surface area is 163 Å². The molecule has 2 aromatic carbocycles. The van der Waals surface area contributed by atoms with Gasteiger partial charge in [0, 0.05) is 29.8 Å². The molecule has 0 N–H and O–H groups in total. The van der Waals surface area contributed by atoms with E-state index < -0.39 is 21.8 Å². The quantitative estimate of drug-likeness (QED) is 0.325. The van der Waals surface area contributed by atoms with Gasteiger partial charge in [-0.2, -0.15) is 0 Å².